The Hall–Kier alpha value is -2.59. The molecule has 22 heavy (non-hydrogen) atoms. The second kappa shape index (κ2) is 6.03. The van der Waals surface area contributed by atoms with Gasteiger partial charge in [-0.1, -0.05) is 11.6 Å². The van der Waals surface area contributed by atoms with Crippen LogP contribution in [0.15, 0.2) is 22.0 Å². The number of H-pyrrole nitrogens is 1. The van der Waals surface area contributed by atoms with Gasteiger partial charge < -0.3 is 5.11 Å². The number of aryl methyl sites for hydroxylation is 1. The molecule has 1 aromatic carbocycles. The number of phenols is 1. The minimum absolute atomic E-state index is 0.0324. The van der Waals surface area contributed by atoms with E-state index in [4.69, 9.17) is 23.8 Å². The molecule has 114 valence electrons. The van der Waals surface area contributed by atoms with Crippen molar-refractivity contribution in [1.29, 1.82) is 0 Å². The van der Waals surface area contributed by atoms with Gasteiger partial charge in [0.05, 0.1) is 11.1 Å². The molecule has 0 amide bonds. The maximum atomic E-state index is 11.8. The van der Waals surface area contributed by atoms with E-state index in [9.17, 15) is 20.0 Å². The van der Waals surface area contributed by atoms with Gasteiger partial charge >= 0.3 is 5.69 Å². The largest absolute Gasteiger partial charge is 0.502 e. The van der Waals surface area contributed by atoms with Crippen LogP contribution in [0.25, 0.3) is 0 Å². The van der Waals surface area contributed by atoms with Crippen molar-refractivity contribution in [3.05, 3.63) is 53.7 Å². The lowest BCUT2D eigenvalue weighted by molar-refractivity contribution is -0.385. The first-order valence-corrected chi connectivity index (χ1v) is 6.49. The van der Waals surface area contributed by atoms with Gasteiger partial charge in [-0.2, -0.15) is 14.9 Å². The predicted octanol–water partition coefficient (Wildman–Crippen LogP) is 1.76. The van der Waals surface area contributed by atoms with Crippen molar-refractivity contribution in [2.45, 2.75) is 6.92 Å². The topological polar surface area (TPSA) is 126 Å². The highest BCUT2D eigenvalue weighted by molar-refractivity contribution is 7.71. The molecule has 0 aliphatic heterocycles. The number of hydrogen-bond acceptors (Lipinski definition) is 7. The van der Waals surface area contributed by atoms with Gasteiger partial charge in [0.2, 0.25) is 10.5 Å². The van der Waals surface area contributed by atoms with E-state index in [2.05, 4.69) is 15.3 Å². The molecule has 2 rings (SSSR count). The van der Waals surface area contributed by atoms with Gasteiger partial charge in [0.1, 0.15) is 5.69 Å². The Bertz CT molecular complexity index is 904. The number of hydrogen-bond donors (Lipinski definition) is 2. The Labute approximate surface area is 132 Å². The molecule has 2 N–H and O–H groups in total. The summed E-state index contributed by atoms with van der Waals surface area (Å²) in [6.07, 6.45) is 1.04. The molecule has 11 heteroatoms. The normalized spacial score (nSPS) is 11.0. The van der Waals surface area contributed by atoms with Crippen molar-refractivity contribution >= 4 is 35.7 Å². The van der Waals surface area contributed by atoms with Gasteiger partial charge in [-0.25, -0.2) is 0 Å². The summed E-state index contributed by atoms with van der Waals surface area (Å²) in [5.41, 5.74) is -1.03. The Kier molecular flexibility index (Phi) is 4.33. The van der Waals surface area contributed by atoms with Crippen LogP contribution < -0.4 is 5.56 Å². The van der Waals surface area contributed by atoms with Crippen LogP contribution in [0, 0.1) is 21.8 Å². The molecule has 0 radical (unpaired) electrons. The molecule has 1 heterocycles. The molecule has 0 unspecified atom stereocenters. The zero-order valence-corrected chi connectivity index (χ0v) is 12.6. The van der Waals surface area contributed by atoms with Crippen molar-refractivity contribution in [3.63, 3.8) is 0 Å². The number of rotatable bonds is 3. The molecule has 0 aliphatic carbocycles. The quantitative estimate of drug-likeness (QED) is 0.379. The average Bonchev–Trinajstić information content (AvgIpc) is 2.45. The Morgan fingerprint density at radius 2 is 2.27 bits per heavy atom. The zero-order valence-electron chi connectivity index (χ0n) is 11.0. The van der Waals surface area contributed by atoms with Crippen molar-refractivity contribution < 1.29 is 10.0 Å². The van der Waals surface area contributed by atoms with Crippen LogP contribution in [0.5, 0.6) is 5.75 Å². The van der Waals surface area contributed by atoms with Gasteiger partial charge in [-0.05, 0) is 25.2 Å². The smallest absolute Gasteiger partial charge is 0.312 e. The lowest BCUT2D eigenvalue weighted by Crippen LogP contribution is -2.22. The summed E-state index contributed by atoms with van der Waals surface area (Å²) in [5, 5.41) is 30.6. The zero-order chi connectivity index (χ0) is 16.4. The molecular formula is C11H8ClN5O4S. The number of aromatic nitrogens is 3. The molecule has 1 aromatic heterocycles. The molecule has 0 aliphatic rings. The summed E-state index contributed by atoms with van der Waals surface area (Å²) in [5.74, 6) is -0.619. The standard InChI is InChI=1S/C11H8ClN5O4S/c1-5-10(19)16(11(22)15-14-5)13-4-6-2-7(12)3-8(9(6)18)17(20)21/h2-4,18H,1H3,(H,15,22)/b13-4+. The summed E-state index contributed by atoms with van der Waals surface area (Å²) >= 11 is 10.6. The molecule has 0 saturated heterocycles. The molecule has 0 atom stereocenters. The van der Waals surface area contributed by atoms with Gasteiger partial charge in [0, 0.05) is 16.7 Å². The first-order chi connectivity index (χ1) is 10.3. The predicted molar refractivity (Wildman–Crippen MR) is 81.2 cm³/mol. The molecular weight excluding hydrogens is 334 g/mol. The van der Waals surface area contributed by atoms with Gasteiger partial charge in [0.25, 0.3) is 5.56 Å². The molecule has 0 saturated carbocycles. The lowest BCUT2D eigenvalue weighted by atomic mass is 10.2. The number of aromatic amines is 1. The fraction of sp³-hybridized carbons (Fsp3) is 0.0909. The van der Waals surface area contributed by atoms with E-state index in [0.29, 0.717) is 0 Å². The van der Waals surface area contributed by atoms with E-state index in [1.54, 1.807) is 0 Å². The summed E-state index contributed by atoms with van der Waals surface area (Å²) < 4.78 is 0.770. The molecule has 9 nitrogen and oxygen atoms in total. The summed E-state index contributed by atoms with van der Waals surface area (Å²) in [4.78, 5) is 21.9. The first kappa shape index (κ1) is 15.8. The monoisotopic (exact) mass is 341 g/mol. The second-order valence-corrected chi connectivity index (χ2v) is 4.92. The maximum absolute atomic E-state index is 11.8. The van der Waals surface area contributed by atoms with E-state index in [0.717, 1.165) is 17.0 Å². The fourth-order valence-corrected chi connectivity index (χ4v) is 1.94. The highest BCUT2D eigenvalue weighted by atomic mass is 35.5. The van der Waals surface area contributed by atoms with E-state index in [-0.39, 0.29) is 21.1 Å². The van der Waals surface area contributed by atoms with Crippen LogP contribution in [0.4, 0.5) is 5.69 Å². The Morgan fingerprint density at radius 1 is 1.59 bits per heavy atom. The lowest BCUT2D eigenvalue weighted by Gasteiger charge is -2.02. The van der Waals surface area contributed by atoms with Gasteiger partial charge in [-0.15, -0.1) is 0 Å². The Balaban J connectivity index is 2.57. The van der Waals surface area contributed by atoms with Crippen LogP contribution in [-0.4, -0.2) is 31.1 Å². The highest BCUT2D eigenvalue weighted by Crippen LogP contribution is 2.32. The number of benzene rings is 1. The van der Waals surface area contributed by atoms with Crippen molar-refractivity contribution in [2.75, 3.05) is 0 Å². The minimum atomic E-state index is -0.784. The summed E-state index contributed by atoms with van der Waals surface area (Å²) in [7, 11) is 0. The van der Waals surface area contributed by atoms with Gasteiger partial charge in [-0.3, -0.25) is 20.0 Å². The average molecular weight is 342 g/mol. The number of aromatic hydroxyl groups is 1. The second-order valence-electron chi connectivity index (χ2n) is 4.10. The SMILES string of the molecule is Cc1n[nH]c(=S)n(/N=C/c2cc(Cl)cc([N+](=O)[O-])c2O)c1=O. The van der Waals surface area contributed by atoms with Crippen molar-refractivity contribution in [3.8, 4) is 5.75 Å². The third-order valence-corrected chi connectivity index (χ3v) is 3.09. The fourth-order valence-electron chi connectivity index (χ4n) is 1.54. The third kappa shape index (κ3) is 3.02. The van der Waals surface area contributed by atoms with E-state index < -0.39 is 21.9 Å². The highest BCUT2D eigenvalue weighted by Gasteiger charge is 2.17. The number of nitrogens with zero attached hydrogens (tertiary/aromatic N) is 4. The van der Waals surface area contributed by atoms with E-state index >= 15 is 0 Å². The van der Waals surface area contributed by atoms with Crippen LogP contribution in [0.1, 0.15) is 11.3 Å². The van der Waals surface area contributed by atoms with Crippen molar-refractivity contribution in [1.82, 2.24) is 14.9 Å². The van der Waals surface area contributed by atoms with Crippen LogP contribution >= 0.6 is 23.8 Å². The van der Waals surface area contributed by atoms with Crippen molar-refractivity contribution in [2.24, 2.45) is 5.10 Å². The van der Waals surface area contributed by atoms with Crippen LogP contribution in [0.3, 0.4) is 0 Å². The Morgan fingerprint density at radius 3 is 2.91 bits per heavy atom. The maximum Gasteiger partial charge on any atom is 0.312 e. The molecule has 0 spiro atoms. The van der Waals surface area contributed by atoms with Crippen LogP contribution in [-0.2, 0) is 0 Å². The summed E-state index contributed by atoms with van der Waals surface area (Å²) in [6, 6.07) is 2.27. The number of phenolic OH excluding ortho intramolecular Hbond substituents is 1. The van der Waals surface area contributed by atoms with E-state index in [1.807, 2.05) is 0 Å². The number of nitro benzene ring substituents is 1. The third-order valence-electron chi connectivity index (χ3n) is 2.61. The number of halogens is 1. The van der Waals surface area contributed by atoms with Crippen LogP contribution in [0.2, 0.25) is 5.02 Å². The minimum Gasteiger partial charge on any atom is -0.502 e. The first-order valence-electron chi connectivity index (χ1n) is 5.71. The molecule has 2 aromatic rings. The summed E-state index contributed by atoms with van der Waals surface area (Å²) in [6.45, 7) is 1.46. The van der Waals surface area contributed by atoms with Gasteiger partial charge in [0.15, 0.2) is 0 Å². The number of nitro groups is 1. The van der Waals surface area contributed by atoms with E-state index in [1.165, 1.54) is 13.0 Å². The number of nitrogens with one attached hydrogen (secondary N) is 1. The molecule has 0 fully saturated rings. The molecule has 0 bridgehead atoms.